The Labute approximate surface area is 187 Å². The number of nitrogens with one attached hydrogen (secondary N) is 1. The highest BCUT2D eigenvalue weighted by atomic mass is 32.2. The molecule has 1 fully saturated rings. The molecule has 0 bridgehead atoms. The Morgan fingerprint density at radius 2 is 1.84 bits per heavy atom. The summed E-state index contributed by atoms with van der Waals surface area (Å²) in [7, 11) is -3.68. The van der Waals surface area contributed by atoms with Gasteiger partial charge in [-0.1, -0.05) is 24.3 Å². The first-order valence-electron chi connectivity index (χ1n) is 10.1. The van der Waals surface area contributed by atoms with Gasteiger partial charge >= 0.3 is 0 Å². The molecule has 1 amide bonds. The third-order valence-corrected chi connectivity index (χ3v) is 8.49. The summed E-state index contributed by atoms with van der Waals surface area (Å²) < 4.78 is 46.7. The van der Waals surface area contributed by atoms with Gasteiger partial charge < -0.3 is 10.1 Å². The number of benzene rings is 2. The number of carbonyl (C=O) groups excluding carboxylic acids is 1. The number of halogens is 1. The van der Waals surface area contributed by atoms with Crippen molar-refractivity contribution in [3.05, 3.63) is 59.4 Å². The van der Waals surface area contributed by atoms with Crippen molar-refractivity contribution in [3.63, 3.8) is 0 Å². The zero-order valence-corrected chi connectivity index (χ0v) is 19.4. The molecule has 1 aliphatic rings. The van der Waals surface area contributed by atoms with E-state index in [9.17, 15) is 17.6 Å². The van der Waals surface area contributed by atoms with Gasteiger partial charge in [-0.2, -0.15) is 4.31 Å². The van der Waals surface area contributed by atoms with Gasteiger partial charge in [0.15, 0.2) is 0 Å². The van der Waals surface area contributed by atoms with Crippen molar-refractivity contribution in [3.8, 4) is 0 Å². The van der Waals surface area contributed by atoms with Gasteiger partial charge in [0, 0.05) is 29.6 Å². The monoisotopic (exact) mass is 466 g/mol. The molecule has 31 heavy (non-hydrogen) atoms. The molecule has 2 aromatic carbocycles. The van der Waals surface area contributed by atoms with E-state index >= 15 is 0 Å². The van der Waals surface area contributed by atoms with E-state index in [0.717, 1.165) is 0 Å². The minimum absolute atomic E-state index is 0.173. The van der Waals surface area contributed by atoms with E-state index in [-0.39, 0.29) is 21.9 Å². The van der Waals surface area contributed by atoms with Crippen LogP contribution in [0, 0.1) is 12.7 Å². The number of ether oxygens (including phenoxy) is 1. The number of aryl methyl sites for hydroxylation is 1. The van der Waals surface area contributed by atoms with Crippen molar-refractivity contribution in [1.29, 1.82) is 0 Å². The van der Waals surface area contributed by atoms with E-state index in [0.29, 0.717) is 43.1 Å². The normalized spacial score (nSPS) is 17.2. The Balaban J connectivity index is 1.71. The summed E-state index contributed by atoms with van der Waals surface area (Å²) in [6.07, 6.45) is 0. The number of amides is 1. The smallest absolute Gasteiger partial charge is 0.243 e. The molecule has 1 N–H and O–H groups in total. The second kappa shape index (κ2) is 10.1. The highest BCUT2D eigenvalue weighted by molar-refractivity contribution is 8.00. The molecule has 6 nitrogen and oxygen atoms in total. The largest absolute Gasteiger partial charge is 0.379 e. The molecule has 2 atom stereocenters. The van der Waals surface area contributed by atoms with Gasteiger partial charge in [0.1, 0.15) is 5.82 Å². The molecule has 3 rings (SSSR count). The van der Waals surface area contributed by atoms with E-state index in [1.54, 1.807) is 44.2 Å². The number of sulfonamides is 1. The van der Waals surface area contributed by atoms with Gasteiger partial charge in [0.05, 0.1) is 23.4 Å². The van der Waals surface area contributed by atoms with Crippen molar-refractivity contribution in [2.45, 2.75) is 36.2 Å². The number of nitrogens with zero attached hydrogens (tertiary/aromatic N) is 1. The molecule has 9 heteroatoms. The molecule has 2 unspecified atom stereocenters. The first-order chi connectivity index (χ1) is 14.7. The van der Waals surface area contributed by atoms with Gasteiger partial charge in [0.25, 0.3) is 0 Å². The van der Waals surface area contributed by atoms with Gasteiger partial charge in [0.2, 0.25) is 15.9 Å². The van der Waals surface area contributed by atoms with Crippen LogP contribution in [-0.4, -0.2) is 50.2 Å². The van der Waals surface area contributed by atoms with Crippen molar-refractivity contribution < 1.29 is 22.3 Å². The number of morpholine rings is 1. The lowest BCUT2D eigenvalue weighted by Crippen LogP contribution is -2.40. The first-order valence-corrected chi connectivity index (χ1v) is 12.5. The number of rotatable bonds is 7. The van der Waals surface area contributed by atoms with E-state index in [1.807, 2.05) is 6.92 Å². The fraction of sp³-hybridized carbons (Fsp3) is 0.409. The molecular formula is C22H27FN2O4S2. The predicted molar refractivity (Wildman–Crippen MR) is 121 cm³/mol. The van der Waals surface area contributed by atoms with E-state index < -0.39 is 15.3 Å². The van der Waals surface area contributed by atoms with Gasteiger partial charge in [-0.25, -0.2) is 12.8 Å². The van der Waals surface area contributed by atoms with Crippen molar-refractivity contribution in [2.75, 3.05) is 31.6 Å². The van der Waals surface area contributed by atoms with E-state index in [1.165, 1.54) is 28.2 Å². The maximum absolute atomic E-state index is 14.0. The van der Waals surface area contributed by atoms with E-state index in [4.69, 9.17) is 4.74 Å². The van der Waals surface area contributed by atoms with Gasteiger partial charge in [-0.05, 0) is 44.5 Å². The zero-order chi connectivity index (χ0) is 22.6. The summed E-state index contributed by atoms with van der Waals surface area (Å²) in [5, 5.41) is 2.12. The third kappa shape index (κ3) is 5.65. The van der Waals surface area contributed by atoms with Crippen molar-refractivity contribution >= 4 is 33.4 Å². The average Bonchev–Trinajstić information content (AvgIpc) is 2.75. The standard InChI is InChI=1S/C22H27FN2O4S2/c1-15-8-9-18(14-21(15)31(27,28)25-10-12-29-13-11-25)24-22(26)17(3)30-16(2)19-6-4-5-7-20(19)23/h4-9,14,16-17H,10-13H2,1-3H3,(H,24,26). The molecule has 0 aromatic heterocycles. The molecule has 1 heterocycles. The summed E-state index contributed by atoms with van der Waals surface area (Å²) in [5.41, 5.74) is 1.56. The molecule has 2 aromatic rings. The number of hydrogen-bond acceptors (Lipinski definition) is 5. The topological polar surface area (TPSA) is 75.7 Å². The summed E-state index contributed by atoms with van der Waals surface area (Å²) in [6, 6.07) is 11.4. The van der Waals surface area contributed by atoms with Crippen LogP contribution in [0.15, 0.2) is 47.4 Å². The summed E-state index contributed by atoms with van der Waals surface area (Å²) >= 11 is 1.34. The number of anilines is 1. The van der Waals surface area contributed by atoms with Crippen LogP contribution in [0.1, 0.15) is 30.2 Å². The lowest BCUT2D eigenvalue weighted by molar-refractivity contribution is -0.115. The summed E-state index contributed by atoms with van der Waals surface area (Å²) in [6.45, 7) is 6.67. The molecule has 1 aliphatic heterocycles. The molecule has 1 saturated heterocycles. The Bertz CT molecular complexity index is 1040. The van der Waals surface area contributed by atoms with Crippen LogP contribution >= 0.6 is 11.8 Å². The van der Waals surface area contributed by atoms with Crippen LogP contribution in [0.4, 0.5) is 10.1 Å². The Kier molecular flexibility index (Phi) is 7.74. The van der Waals surface area contributed by atoms with E-state index in [2.05, 4.69) is 5.32 Å². The summed E-state index contributed by atoms with van der Waals surface area (Å²) in [4.78, 5) is 12.9. The number of hydrogen-bond donors (Lipinski definition) is 1. The molecule has 0 spiro atoms. The second-order valence-corrected chi connectivity index (χ2v) is 11.0. The van der Waals surface area contributed by atoms with Crippen molar-refractivity contribution in [1.82, 2.24) is 4.31 Å². The Morgan fingerprint density at radius 3 is 2.52 bits per heavy atom. The van der Waals surface area contributed by atoms with Gasteiger partial charge in [-0.15, -0.1) is 11.8 Å². The SMILES string of the molecule is Cc1ccc(NC(=O)C(C)SC(C)c2ccccc2F)cc1S(=O)(=O)N1CCOCC1. The Morgan fingerprint density at radius 1 is 1.16 bits per heavy atom. The molecule has 168 valence electrons. The lowest BCUT2D eigenvalue weighted by atomic mass is 10.1. The molecule has 0 radical (unpaired) electrons. The average molecular weight is 467 g/mol. The minimum Gasteiger partial charge on any atom is -0.379 e. The zero-order valence-electron chi connectivity index (χ0n) is 17.8. The highest BCUT2D eigenvalue weighted by Crippen LogP contribution is 2.33. The predicted octanol–water partition coefficient (Wildman–Crippen LogP) is 3.98. The molecule has 0 aliphatic carbocycles. The molecular weight excluding hydrogens is 439 g/mol. The fourth-order valence-electron chi connectivity index (χ4n) is 3.37. The lowest BCUT2D eigenvalue weighted by Gasteiger charge is -2.27. The second-order valence-electron chi connectivity index (χ2n) is 7.43. The third-order valence-electron chi connectivity index (χ3n) is 5.16. The maximum Gasteiger partial charge on any atom is 0.243 e. The number of thioether (sulfide) groups is 1. The minimum atomic E-state index is -3.68. The first kappa shape index (κ1) is 23.7. The van der Waals surface area contributed by atoms with Crippen LogP contribution in [0.25, 0.3) is 0 Å². The van der Waals surface area contributed by atoms with Crippen LogP contribution in [0.5, 0.6) is 0 Å². The highest BCUT2D eigenvalue weighted by Gasteiger charge is 2.28. The van der Waals surface area contributed by atoms with Gasteiger partial charge in [-0.3, -0.25) is 4.79 Å². The van der Waals surface area contributed by atoms with Crippen molar-refractivity contribution in [2.24, 2.45) is 0 Å². The fourth-order valence-corrected chi connectivity index (χ4v) is 6.16. The Hall–Kier alpha value is -1.94. The molecule has 0 saturated carbocycles. The van der Waals surface area contributed by atoms with Crippen LogP contribution in [0.2, 0.25) is 0 Å². The number of carbonyl (C=O) groups is 1. The van der Waals surface area contributed by atoms with Crippen LogP contribution in [-0.2, 0) is 19.6 Å². The maximum atomic E-state index is 14.0. The van der Waals surface area contributed by atoms with Crippen LogP contribution in [0.3, 0.4) is 0 Å². The quantitative estimate of drug-likeness (QED) is 0.668. The summed E-state index contributed by atoms with van der Waals surface area (Å²) in [5.74, 6) is -0.571. The van der Waals surface area contributed by atoms with Crippen LogP contribution < -0.4 is 5.32 Å².